The van der Waals surface area contributed by atoms with Gasteiger partial charge in [0.25, 0.3) is 0 Å². The van der Waals surface area contributed by atoms with Crippen LogP contribution in [0.25, 0.3) is 0 Å². The first-order valence-electron chi connectivity index (χ1n) is 9.06. The van der Waals surface area contributed by atoms with Crippen molar-refractivity contribution in [1.82, 2.24) is 5.32 Å². The van der Waals surface area contributed by atoms with E-state index in [1.807, 2.05) is 36.4 Å². The highest BCUT2D eigenvalue weighted by molar-refractivity contribution is 9.10. The van der Waals surface area contributed by atoms with Gasteiger partial charge in [0.1, 0.15) is 0 Å². The van der Waals surface area contributed by atoms with Crippen LogP contribution < -0.4 is 10.2 Å². The number of nitrogens with zero attached hydrogens (tertiary/aromatic N) is 1. The number of hydrogen-bond acceptors (Lipinski definition) is 2. The van der Waals surface area contributed by atoms with Crippen LogP contribution in [0.3, 0.4) is 0 Å². The van der Waals surface area contributed by atoms with Crippen molar-refractivity contribution in [2.45, 2.75) is 31.7 Å². The first kappa shape index (κ1) is 17.3. The predicted octanol–water partition coefficient (Wildman–Crippen LogP) is 4.00. The zero-order valence-electron chi connectivity index (χ0n) is 14.5. The summed E-state index contributed by atoms with van der Waals surface area (Å²) in [6.07, 6.45) is 3.37. The lowest BCUT2D eigenvalue weighted by Crippen LogP contribution is -2.36. The average Bonchev–Trinajstić information content (AvgIpc) is 3.04. The molecule has 2 aromatic rings. The van der Waals surface area contributed by atoms with E-state index in [4.69, 9.17) is 0 Å². The van der Waals surface area contributed by atoms with E-state index in [1.165, 1.54) is 11.1 Å². The number of carbonyl (C=O) groups excluding carboxylic acids is 2. The summed E-state index contributed by atoms with van der Waals surface area (Å²) in [4.78, 5) is 27.0. The van der Waals surface area contributed by atoms with Crippen LogP contribution in [0.4, 0.5) is 5.69 Å². The lowest BCUT2D eigenvalue weighted by molar-refractivity contribution is -0.127. The molecule has 1 N–H and O–H groups in total. The number of para-hydroxylation sites is 1. The first-order chi connectivity index (χ1) is 12.6. The van der Waals surface area contributed by atoms with Gasteiger partial charge in [-0.3, -0.25) is 9.59 Å². The minimum atomic E-state index is -0.302. The molecule has 1 aliphatic carbocycles. The van der Waals surface area contributed by atoms with Gasteiger partial charge in [0.15, 0.2) is 0 Å². The standard InChI is InChI=1S/C21H21BrN2O2/c22-17-9-3-4-11-19(17)24-13-15(12-20(24)25)21(26)23-18-10-5-7-14-6-1-2-8-16(14)18/h1-4,6,8-9,11,15,18H,5,7,10,12-13H2,(H,23,26). The van der Waals surface area contributed by atoms with Gasteiger partial charge < -0.3 is 10.2 Å². The molecule has 1 saturated heterocycles. The molecule has 2 aromatic carbocycles. The minimum Gasteiger partial charge on any atom is -0.349 e. The van der Waals surface area contributed by atoms with Gasteiger partial charge in [-0.2, -0.15) is 0 Å². The SMILES string of the molecule is O=C(NC1CCCc2ccccc21)C1CC(=O)N(c2ccccc2Br)C1. The fourth-order valence-corrected chi connectivity index (χ4v) is 4.48. The smallest absolute Gasteiger partial charge is 0.227 e. The van der Waals surface area contributed by atoms with Gasteiger partial charge in [-0.15, -0.1) is 0 Å². The van der Waals surface area contributed by atoms with Crippen molar-refractivity contribution < 1.29 is 9.59 Å². The van der Waals surface area contributed by atoms with E-state index in [1.54, 1.807) is 4.90 Å². The summed E-state index contributed by atoms with van der Waals surface area (Å²) in [6, 6.07) is 16.0. The maximum atomic E-state index is 12.8. The molecule has 2 amide bonds. The molecule has 2 aliphatic rings. The van der Waals surface area contributed by atoms with Gasteiger partial charge in [-0.1, -0.05) is 36.4 Å². The molecule has 26 heavy (non-hydrogen) atoms. The van der Waals surface area contributed by atoms with E-state index in [9.17, 15) is 9.59 Å². The van der Waals surface area contributed by atoms with Gasteiger partial charge in [0, 0.05) is 17.4 Å². The van der Waals surface area contributed by atoms with Gasteiger partial charge in [-0.05, 0) is 58.5 Å². The normalized spacial score (nSPS) is 22.2. The van der Waals surface area contributed by atoms with Crippen molar-refractivity contribution in [3.63, 3.8) is 0 Å². The number of benzene rings is 2. The van der Waals surface area contributed by atoms with E-state index in [0.717, 1.165) is 29.4 Å². The molecule has 4 rings (SSSR count). The third-order valence-electron chi connectivity index (χ3n) is 5.32. The predicted molar refractivity (Wildman–Crippen MR) is 105 cm³/mol. The summed E-state index contributed by atoms with van der Waals surface area (Å²) in [5.74, 6) is -0.320. The Bertz CT molecular complexity index is 851. The Hall–Kier alpha value is -2.14. The zero-order valence-corrected chi connectivity index (χ0v) is 16.0. The van der Waals surface area contributed by atoms with Crippen LogP contribution in [-0.4, -0.2) is 18.4 Å². The number of halogens is 1. The zero-order chi connectivity index (χ0) is 18.1. The summed E-state index contributed by atoms with van der Waals surface area (Å²) in [7, 11) is 0. The third kappa shape index (κ3) is 3.28. The number of anilines is 1. The first-order valence-corrected chi connectivity index (χ1v) is 9.86. The number of carbonyl (C=O) groups is 2. The number of aryl methyl sites for hydroxylation is 1. The third-order valence-corrected chi connectivity index (χ3v) is 6.00. The molecule has 0 spiro atoms. The molecular weight excluding hydrogens is 392 g/mol. The van der Waals surface area contributed by atoms with Crippen LogP contribution in [0.2, 0.25) is 0 Å². The molecule has 134 valence electrons. The number of nitrogens with one attached hydrogen (secondary N) is 1. The molecular formula is C21H21BrN2O2. The summed E-state index contributed by atoms with van der Waals surface area (Å²) in [5.41, 5.74) is 3.37. The summed E-state index contributed by atoms with van der Waals surface area (Å²) in [6.45, 7) is 0.432. The largest absolute Gasteiger partial charge is 0.349 e. The molecule has 1 heterocycles. The van der Waals surface area contributed by atoms with Gasteiger partial charge in [-0.25, -0.2) is 0 Å². The van der Waals surface area contributed by atoms with Crippen molar-refractivity contribution in [3.05, 3.63) is 64.1 Å². The van der Waals surface area contributed by atoms with Crippen molar-refractivity contribution in [3.8, 4) is 0 Å². The number of hydrogen-bond donors (Lipinski definition) is 1. The monoisotopic (exact) mass is 412 g/mol. The molecule has 4 nitrogen and oxygen atoms in total. The quantitative estimate of drug-likeness (QED) is 0.827. The van der Waals surface area contributed by atoms with E-state index in [2.05, 4.69) is 33.4 Å². The topological polar surface area (TPSA) is 49.4 Å². The van der Waals surface area contributed by atoms with Crippen LogP contribution in [-0.2, 0) is 16.0 Å². The molecule has 5 heteroatoms. The van der Waals surface area contributed by atoms with Crippen LogP contribution in [0, 0.1) is 5.92 Å². The van der Waals surface area contributed by atoms with Crippen molar-refractivity contribution in [2.24, 2.45) is 5.92 Å². The Morgan fingerprint density at radius 1 is 1.12 bits per heavy atom. The van der Waals surface area contributed by atoms with Crippen molar-refractivity contribution in [1.29, 1.82) is 0 Å². The van der Waals surface area contributed by atoms with Crippen molar-refractivity contribution in [2.75, 3.05) is 11.4 Å². The second-order valence-corrected chi connectivity index (χ2v) is 7.86. The molecule has 0 bridgehead atoms. The number of amides is 2. The van der Waals surface area contributed by atoms with Gasteiger partial charge in [0.2, 0.25) is 11.8 Å². The Balaban J connectivity index is 1.47. The van der Waals surface area contributed by atoms with Crippen molar-refractivity contribution >= 4 is 33.4 Å². The maximum absolute atomic E-state index is 12.8. The highest BCUT2D eigenvalue weighted by Gasteiger charge is 2.36. The Kier molecular flexibility index (Phi) is 4.81. The highest BCUT2D eigenvalue weighted by atomic mass is 79.9. The lowest BCUT2D eigenvalue weighted by Gasteiger charge is -2.27. The van der Waals surface area contributed by atoms with E-state index >= 15 is 0 Å². The van der Waals surface area contributed by atoms with E-state index in [-0.39, 0.29) is 30.2 Å². The number of fused-ring (bicyclic) bond motifs is 1. The van der Waals surface area contributed by atoms with E-state index < -0.39 is 0 Å². The Labute approximate surface area is 161 Å². The molecule has 0 saturated carbocycles. The molecule has 1 aliphatic heterocycles. The van der Waals surface area contributed by atoms with Gasteiger partial charge in [0.05, 0.1) is 17.6 Å². The van der Waals surface area contributed by atoms with Crippen LogP contribution in [0.15, 0.2) is 53.0 Å². The second-order valence-electron chi connectivity index (χ2n) is 7.01. The lowest BCUT2D eigenvalue weighted by atomic mass is 9.87. The molecule has 2 unspecified atom stereocenters. The summed E-state index contributed by atoms with van der Waals surface area (Å²) in [5, 5.41) is 3.19. The maximum Gasteiger partial charge on any atom is 0.227 e. The molecule has 2 atom stereocenters. The Morgan fingerprint density at radius 2 is 1.88 bits per heavy atom. The fraction of sp³-hybridized carbons (Fsp3) is 0.333. The summed E-state index contributed by atoms with van der Waals surface area (Å²) < 4.78 is 0.871. The highest BCUT2D eigenvalue weighted by Crippen LogP contribution is 2.33. The molecule has 0 aromatic heterocycles. The fourth-order valence-electron chi connectivity index (χ4n) is 3.98. The van der Waals surface area contributed by atoms with E-state index in [0.29, 0.717) is 6.54 Å². The minimum absolute atomic E-state index is 0.00101. The molecule has 0 radical (unpaired) electrons. The molecule has 1 fully saturated rings. The second kappa shape index (κ2) is 7.23. The van der Waals surface area contributed by atoms with Crippen LogP contribution >= 0.6 is 15.9 Å². The Morgan fingerprint density at radius 3 is 2.73 bits per heavy atom. The summed E-state index contributed by atoms with van der Waals surface area (Å²) >= 11 is 3.49. The number of rotatable bonds is 3. The van der Waals surface area contributed by atoms with Crippen LogP contribution in [0.1, 0.15) is 36.4 Å². The van der Waals surface area contributed by atoms with Gasteiger partial charge >= 0.3 is 0 Å². The van der Waals surface area contributed by atoms with Crippen LogP contribution in [0.5, 0.6) is 0 Å². The average molecular weight is 413 g/mol.